The quantitative estimate of drug-likeness (QED) is 0.705. The number of urea groups is 1. The molecule has 20 heavy (non-hydrogen) atoms. The van der Waals surface area contributed by atoms with Gasteiger partial charge in [0, 0.05) is 32.3 Å². The van der Waals surface area contributed by atoms with Crippen LogP contribution in [0.25, 0.3) is 0 Å². The van der Waals surface area contributed by atoms with E-state index in [0.717, 1.165) is 6.42 Å². The Hall–Kier alpha value is -1.30. The molecule has 0 aromatic rings. The second kappa shape index (κ2) is 9.58. The summed E-state index contributed by atoms with van der Waals surface area (Å²) in [5.74, 6) is -0.893. The number of aliphatic carboxylic acids is 1. The van der Waals surface area contributed by atoms with Crippen molar-refractivity contribution in [2.24, 2.45) is 0 Å². The van der Waals surface area contributed by atoms with Crippen molar-refractivity contribution in [3.63, 3.8) is 0 Å². The zero-order chi connectivity index (χ0) is 15.7. The summed E-state index contributed by atoms with van der Waals surface area (Å²) in [5, 5.41) is 8.79. The van der Waals surface area contributed by atoms with Gasteiger partial charge in [-0.2, -0.15) is 0 Å². The van der Waals surface area contributed by atoms with Gasteiger partial charge in [-0.1, -0.05) is 6.92 Å². The zero-order valence-corrected chi connectivity index (χ0v) is 13.3. The molecular weight excluding hydrogens is 260 g/mol. The first kappa shape index (κ1) is 18.7. The molecule has 0 aliphatic rings. The fraction of sp³-hybridized carbons (Fsp3) is 0.857. The molecule has 1 unspecified atom stereocenters. The summed E-state index contributed by atoms with van der Waals surface area (Å²) in [6, 6.07) is -0.0488. The smallest absolute Gasteiger partial charge is 0.320 e. The SMILES string of the molecule is CCC(C)N(CCOC)C(=O)N(CCC(=O)O)C(C)C. The van der Waals surface area contributed by atoms with Gasteiger partial charge in [0.1, 0.15) is 0 Å². The highest BCUT2D eigenvalue weighted by Crippen LogP contribution is 2.11. The molecule has 0 aliphatic carbocycles. The van der Waals surface area contributed by atoms with Crippen molar-refractivity contribution in [3.8, 4) is 0 Å². The summed E-state index contributed by atoms with van der Waals surface area (Å²) in [6.07, 6.45) is 0.808. The molecule has 0 bridgehead atoms. The first-order valence-electron chi connectivity index (χ1n) is 7.13. The van der Waals surface area contributed by atoms with E-state index in [1.165, 1.54) is 0 Å². The van der Waals surface area contributed by atoms with Gasteiger partial charge in [0.05, 0.1) is 13.0 Å². The Kier molecular flexibility index (Phi) is 8.96. The minimum atomic E-state index is -0.893. The minimum absolute atomic E-state index is 0.0315. The molecular formula is C14H28N2O4. The van der Waals surface area contributed by atoms with Crippen molar-refractivity contribution in [1.82, 2.24) is 9.80 Å². The molecule has 0 fully saturated rings. The van der Waals surface area contributed by atoms with Crippen molar-refractivity contribution in [1.29, 1.82) is 0 Å². The van der Waals surface area contributed by atoms with E-state index in [2.05, 4.69) is 0 Å². The Labute approximate surface area is 121 Å². The fourth-order valence-electron chi connectivity index (χ4n) is 1.87. The van der Waals surface area contributed by atoms with Gasteiger partial charge in [-0.25, -0.2) is 4.79 Å². The molecule has 0 aromatic carbocycles. The number of carboxylic acids is 1. The van der Waals surface area contributed by atoms with E-state index in [0.29, 0.717) is 13.2 Å². The van der Waals surface area contributed by atoms with Crippen LogP contribution in [0.4, 0.5) is 4.79 Å². The van der Waals surface area contributed by atoms with Crippen LogP contribution in [0, 0.1) is 0 Å². The molecule has 1 atom stereocenters. The topological polar surface area (TPSA) is 70.1 Å². The summed E-state index contributed by atoms with van der Waals surface area (Å²) >= 11 is 0. The molecule has 0 aliphatic heterocycles. The molecule has 0 saturated carbocycles. The molecule has 0 aromatic heterocycles. The predicted octanol–water partition coefficient (Wildman–Crippen LogP) is 2.04. The van der Waals surface area contributed by atoms with Gasteiger partial charge in [0.15, 0.2) is 0 Å². The first-order valence-corrected chi connectivity index (χ1v) is 7.13. The second-order valence-electron chi connectivity index (χ2n) is 5.16. The Morgan fingerprint density at radius 2 is 1.75 bits per heavy atom. The van der Waals surface area contributed by atoms with E-state index in [1.807, 2.05) is 27.7 Å². The molecule has 0 heterocycles. The van der Waals surface area contributed by atoms with Crippen LogP contribution in [0.3, 0.4) is 0 Å². The Morgan fingerprint density at radius 3 is 2.15 bits per heavy atom. The lowest BCUT2D eigenvalue weighted by molar-refractivity contribution is -0.137. The van der Waals surface area contributed by atoms with Crippen LogP contribution in [0.5, 0.6) is 0 Å². The number of hydrogen-bond acceptors (Lipinski definition) is 3. The maximum absolute atomic E-state index is 12.6. The van der Waals surface area contributed by atoms with Crippen molar-refractivity contribution < 1.29 is 19.4 Å². The molecule has 0 spiro atoms. The van der Waals surface area contributed by atoms with E-state index < -0.39 is 5.97 Å². The average molecular weight is 288 g/mol. The Balaban J connectivity index is 4.89. The lowest BCUT2D eigenvalue weighted by Gasteiger charge is -2.36. The zero-order valence-electron chi connectivity index (χ0n) is 13.3. The molecule has 1 N–H and O–H groups in total. The highest BCUT2D eigenvalue weighted by Gasteiger charge is 2.26. The van der Waals surface area contributed by atoms with Gasteiger partial charge >= 0.3 is 12.0 Å². The van der Waals surface area contributed by atoms with Gasteiger partial charge in [-0.05, 0) is 27.2 Å². The van der Waals surface area contributed by atoms with Gasteiger partial charge in [0.2, 0.25) is 0 Å². The van der Waals surface area contributed by atoms with Crippen LogP contribution in [-0.4, -0.2) is 65.8 Å². The normalized spacial score (nSPS) is 12.3. The number of carbonyl (C=O) groups is 2. The molecule has 6 nitrogen and oxygen atoms in total. The molecule has 2 amide bonds. The molecule has 118 valence electrons. The maximum atomic E-state index is 12.6. The standard InChI is InChI=1S/C14H28N2O4/c1-6-12(4)16(9-10-20-5)14(19)15(11(2)3)8-7-13(17)18/h11-12H,6-10H2,1-5H3,(H,17,18). The summed E-state index contributed by atoms with van der Waals surface area (Å²) < 4.78 is 5.05. The van der Waals surface area contributed by atoms with Crippen LogP contribution >= 0.6 is 0 Å². The third-order valence-electron chi connectivity index (χ3n) is 3.34. The van der Waals surface area contributed by atoms with Crippen molar-refractivity contribution in [2.75, 3.05) is 26.8 Å². The number of carbonyl (C=O) groups excluding carboxylic acids is 1. The average Bonchev–Trinajstić information content (AvgIpc) is 2.38. The van der Waals surface area contributed by atoms with Crippen LogP contribution < -0.4 is 0 Å². The summed E-state index contributed by atoms with van der Waals surface area (Å²) in [4.78, 5) is 26.7. The highest BCUT2D eigenvalue weighted by molar-refractivity contribution is 5.76. The van der Waals surface area contributed by atoms with E-state index in [1.54, 1.807) is 16.9 Å². The van der Waals surface area contributed by atoms with Crippen LogP contribution in [0.1, 0.15) is 40.5 Å². The van der Waals surface area contributed by atoms with E-state index >= 15 is 0 Å². The van der Waals surface area contributed by atoms with Crippen molar-refractivity contribution in [3.05, 3.63) is 0 Å². The lowest BCUT2D eigenvalue weighted by atomic mass is 10.2. The van der Waals surface area contributed by atoms with E-state index in [4.69, 9.17) is 9.84 Å². The minimum Gasteiger partial charge on any atom is -0.481 e. The van der Waals surface area contributed by atoms with Crippen molar-refractivity contribution >= 4 is 12.0 Å². The number of rotatable bonds is 9. The number of ether oxygens (including phenoxy) is 1. The largest absolute Gasteiger partial charge is 0.481 e. The Morgan fingerprint density at radius 1 is 1.15 bits per heavy atom. The monoisotopic (exact) mass is 288 g/mol. The van der Waals surface area contributed by atoms with E-state index in [-0.39, 0.29) is 31.1 Å². The second-order valence-corrected chi connectivity index (χ2v) is 5.16. The number of amides is 2. The molecule has 0 rings (SSSR count). The first-order chi connectivity index (χ1) is 9.34. The van der Waals surface area contributed by atoms with Crippen LogP contribution in [0.15, 0.2) is 0 Å². The fourth-order valence-corrected chi connectivity index (χ4v) is 1.87. The van der Waals surface area contributed by atoms with Gasteiger partial charge in [-0.15, -0.1) is 0 Å². The summed E-state index contributed by atoms with van der Waals surface area (Å²) in [7, 11) is 1.60. The summed E-state index contributed by atoms with van der Waals surface area (Å²) in [6.45, 7) is 9.01. The molecule has 6 heteroatoms. The number of carboxylic acid groups (broad SMARTS) is 1. The number of methoxy groups -OCH3 is 1. The van der Waals surface area contributed by atoms with Gasteiger partial charge < -0.3 is 19.6 Å². The van der Waals surface area contributed by atoms with Gasteiger partial charge in [-0.3, -0.25) is 4.79 Å². The third-order valence-corrected chi connectivity index (χ3v) is 3.34. The summed E-state index contributed by atoms with van der Waals surface area (Å²) in [5.41, 5.74) is 0. The highest BCUT2D eigenvalue weighted by atomic mass is 16.5. The lowest BCUT2D eigenvalue weighted by Crippen LogP contribution is -2.51. The van der Waals surface area contributed by atoms with Gasteiger partial charge in [0.25, 0.3) is 0 Å². The number of hydrogen-bond donors (Lipinski definition) is 1. The van der Waals surface area contributed by atoms with Crippen molar-refractivity contribution in [2.45, 2.75) is 52.6 Å². The van der Waals surface area contributed by atoms with Crippen LogP contribution in [0.2, 0.25) is 0 Å². The predicted molar refractivity (Wildman–Crippen MR) is 77.8 cm³/mol. The molecule has 0 radical (unpaired) electrons. The number of nitrogens with zero attached hydrogens (tertiary/aromatic N) is 2. The molecule has 0 saturated heterocycles. The van der Waals surface area contributed by atoms with E-state index in [9.17, 15) is 9.59 Å². The Bertz CT molecular complexity index is 308. The third kappa shape index (κ3) is 6.23. The maximum Gasteiger partial charge on any atom is 0.320 e. The van der Waals surface area contributed by atoms with Crippen LogP contribution in [-0.2, 0) is 9.53 Å².